The highest BCUT2D eigenvalue weighted by atomic mass is 16.5. The zero-order chi connectivity index (χ0) is 19.0. The van der Waals surface area contributed by atoms with Crippen LogP contribution in [0.1, 0.15) is 97.5 Å². The van der Waals surface area contributed by atoms with Gasteiger partial charge in [-0.3, -0.25) is 0 Å². The lowest BCUT2D eigenvalue weighted by atomic mass is 9.65. The molecule has 1 aliphatic rings. The molecule has 0 aliphatic heterocycles. The summed E-state index contributed by atoms with van der Waals surface area (Å²) in [5.41, 5.74) is 1.75. The molecule has 2 unspecified atom stereocenters. The molecule has 2 rings (SSSR count). The highest BCUT2D eigenvalue weighted by Crippen LogP contribution is 2.39. The van der Waals surface area contributed by atoms with Crippen molar-refractivity contribution in [2.45, 2.75) is 104 Å². The number of hydrogen-bond acceptors (Lipinski definition) is 1. The number of rotatable bonds is 9. The Morgan fingerprint density at radius 3 is 2.31 bits per heavy atom. The molecular formula is C24H40BO. The lowest BCUT2D eigenvalue weighted by Crippen LogP contribution is -2.21. The molecular weight excluding hydrogens is 315 g/mol. The van der Waals surface area contributed by atoms with E-state index in [0.717, 1.165) is 11.7 Å². The van der Waals surface area contributed by atoms with Crippen LogP contribution in [0.3, 0.4) is 0 Å². The Kier molecular flexibility index (Phi) is 8.58. The summed E-state index contributed by atoms with van der Waals surface area (Å²) in [4.78, 5) is 0. The smallest absolute Gasteiger partial charge is 0.165 e. The molecule has 1 aromatic rings. The molecule has 0 saturated heterocycles. The first kappa shape index (κ1) is 21.4. The quantitative estimate of drug-likeness (QED) is 0.418. The summed E-state index contributed by atoms with van der Waals surface area (Å²) in [5, 5.41) is 0. The SMILES string of the molecule is CCCC(c1ccc(OC(C)[B]CCC2CCCCC2)cc1)C(C)(C)C. The predicted molar refractivity (Wildman–Crippen MR) is 115 cm³/mol. The van der Waals surface area contributed by atoms with Gasteiger partial charge in [-0.25, -0.2) is 0 Å². The largest absolute Gasteiger partial charge is 0.500 e. The topological polar surface area (TPSA) is 9.23 Å². The third kappa shape index (κ3) is 7.01. The van der Waals surface area contributed by atoms with Crippen molar-refractivity contribution in [3.05, 3.63) is 29.8 Å². The summed E-state index contributed by atoms with van der Waals surface area (Å²) >= 11 is 0. The maximum absolute atomic E-state index is 6.13. The van der Waals surface area contributed by atoms with Gasteiger partial charge in [-0.2, -0.15) is 0 Å². The minimum Gasteiger partial charge on any atom is -0.500 e. The Morgan fingerprint density at radius 1 is 1.08 bits per heavy atom. The summed E-state index contributed by atoms with van der Waals surface area (Å²) in [6.07, 6.45) is 12.2. The van der Waals surface area contributed by atoms with Gasteiger partial charge in [-0.15, -0.1) is 0 Å². The Hall–Kier alpha value is -0.915. The number of ether oxygens (including phenoxy) is 1. The molecule has 26 heavy (non-hydrogen) atoms. The van der Waals surface area contributed by atoms with E-state index in [4.69, 9.17) is 4.74 Å². The van der Waals surface area contributed by atoms with Gasteiger partial charge in [0.1, 0.15) is 5.75 Å². The lowest BCUT2D eigenvalue weighted by molar-refractivity contribution is 0.291. The zero-order valence-corrected chi connectivity index (χ0v) is 17.9. The van der Waals surface area contributed by atoms with Crippen molar-refractivity contribution >= 4 is 7.28 Å². The van der Waals surface area contributed by atoms with E-state index in [0.29, 0.717) is 11.3 Å². The van der Waals surface area contributed by atoms with Crippen LogP contribution in [0.25, 0.3) is 0 Å². The second-order valence-electron chi connectivity index (χ2n) is 9.42. The van der Waals surface area contributed by atoms with E-state index < -0.39 is 0 Å². The normalized spacial score (nSPS) is 18.3. The molecule has 1 radical (unpaired) electrons. The molecule has 0 amide bonds. The molecule has 2 heteroatoms. The molecule has 0 bridgehead atoms. The first-order chi connectivity index (χ1) is 12.4. The first-order valence-electron chi connectivity index (χ1n) is 11.0. The summed E-state index contributed by atoms with van der Waals surface area (Å²) in [6.45, 7) is 11.5. The molecule has 0 N–H and O–H groups in total. The Labute approximate surface area is 163 Å². The van der Waals surface area contributed by atoms with E-state index in [9.17, 15) is 0 Å². The van der Waals surface area contributed by atoms with E-state index in [1.54, 1.807) is 0 Å². The van der Waals surface area contributed by atoms with Crippen molar-refractivity contribution < 1.29 is 4.74 Å². The second kappa shape index (κ2) is 10.4. The van der Waals surface area contributed by atoms with Gasteiger partial charge in [0, 0.05) is 0 Å². The first-order valence-corrected chi connectivity index (χ1v) is 11.0. The van der Waals surface area contributed by atoms with E-state index in [1.807, 2.05) is 0 Å². The highest BCUT2D eigenvalue weighted by Gasteiger charge is 2.25. The fraction of sp³-hybridized carbons (Fsp3) is 0.750. The van der Waals surface area contributed by atoms with Gasteiger partial charge in [0.2, 0.25) is 0 Å². The van der Waals surface area contributed by atoms with Gasteiger partial charge in [0.15, 0.2) is 7.28 Å². The molecule has 0 heterocycles. The van der Waals surface area contributed by atoms with Crippen molar-refractivity contribution in [2.24, 2.45) is 11.3 Å². The van der Waals surface area contributed by atoms with Gasteiger partial charge in [-0.1, -0.05) is 91.1 Å². The maximum atomic E-state index is 6.13. The molecule has 0 spiro atoms. The lowest BCUT2D eigenvalue weighted by Gasteiger charge is -2.31. The standard InChI is InChI=1S/C24H40BO/c1-6-10-23(24(3,4)5)21-13-15-22(16-14-21)26-19(2)25-18-17-20-11-8-7-9-12-20/h13-16,19-20,23H,6-12,17-18H2,1-5H3. The van der Waals surface area contributed by atoms with Crippen molar-refractivity contribution in [1.82, 2.24) is 0 Å². The third-order valence-corrected chi connectivity index (χ3v) is 6.03. The summed E-state index contributed by atoms with van der Waals surface area (Å²) in [7, 11) is 2.36. The molecule has 0 aromatic heterocycles. The van der Waals surface area contributed by atoms with Gasteiger partial charge < -0.3 is 4.74 Å². The third-order valence-electron chi connectivity index (χ3n) is 6.03. The zero-order valence-electron chi connectivity index (χ0n) is 17.9. The van der Waals surface area contributed by atoms with Crippen LogP contribution in [0.4, 0.5) is 0 Å². The van der Waals surface area contributed by atoms with Crippen LogP contribution >= 0.6 is 0 Å². The summed E-state index contributed by atoms with van der Waals surface area (Å²) < 4.78 is 6.13. The van der Waals surface area contributed by atoms with E-state index in [2.05, 4.69) is 66.2 Å². The van der Waals surface area contributed by atoms with Gasteiger partial charge in [0.25, 0.3) is 0 Å². The fourth-order valence-electron chi connectivity index (χ4n) is 4.47. The van der Waals surface area contributed by atoms with Gasteiger partial charge in [-0.05, 0) is 48.3 Å². The molecule has 1 fully saturated rings. The molecule has 2 atom stereocenters. The molecule has 1 aromatic carbocycles. The summed E-state index contributed by atoms with van der Waals surface area (Å²) in [6, 6.07) is 9.06. The molecule has 1 saturated carbocycles. The van der Waals surface area contributed by atoms with Gasteiger partial charge >= 0.3 is 0 Å². The number of benzene rings is 1. The Morgan fingerprint density at radius 2 is 1.73 bits per heavy atom. The van der Waals surface area contributed by atoms with Crippen molar-refractivity contribution in [3.63, 3.8) is 0 Å². The minimum absolute atomic E-state index is 0.193. The molecule has 145 valence electrons. The van der Waals surface area contributed by atoms with Crippen LogP contribution in [0, 0.1) is 11.3 Å². The van der Waals surface area contributed by atoms with E-state index >= 15 is 0 Å². The van der Waals surface area contributed by atoms with Crippen LogP contribution in [0.2, 0.25) is 6.32 Å². The summed E-state index contributed by atoms with van der Waals surface area (Å²) in [5.74, 6) is 2.57. The van der Waals surface area contributed by atoms with Crippen LogP contribution in [0.5, 0.6) is 5.75 Å². The van der Waals surface area contributed by atoms with Crippen molar-refractivity contribution in [1.29, 1.82) is 0 Å². The number of hydrogen-bond donors (Lipinski definition) is 0. The van der Waals surface area contributed by atoms with Crippen molar-refractivity contribution in [3.8, 4) is 5.75 Å². The van der Waals surface area contributed by atoms with Crippen LogP contribution in [-0.4, -0.2) is 13.3 Å². The van der Waals surface area contributed by atoms with Crippen LogP contribution < -0.4 is 4.74 Å². The van der Waals surface area contributed by atoms with Crippen LogP contribution in [-0.2, 0) is 0 Å². The maximum Gasteiger partial charge on any atom is 0.165 e. The van der Waals surface area contributed by atoms with E-state index in [-0.39, 0.29) is 6.00 Å². The second-order valence-corrected chi connectivity index (χ2v) is 9.42. The molecule has 1 aliphatic carbocycles. The average molecular weight is 355 g/mol. The fourth-order valence-corrected chi connectivity index (χ4v) is 4.47. The Bertz CT molecular complexity index is 496. The van der Waals surface area contributed by atoms with Crippen LogP contribution in [0.15, 0.2) is 24.3 Å². The monoisotopic (exact) mass is 355 g/mol. The predicted octanol–water partition coefficient (Wildman–Crippen LogP) is 7.43. The average Bonchev–Trinajstić information content (AvgIpc) is 2.60. The van der Waals surface area contributed by atoms with Gasteiger partial charge in [0.05, 0.1) is 6.00 Å². The molecule has 1 nitrogen and oxygen atoms in total. The highest BCUT2D eigenvalue weighted by molar-refractivity contribution is 6.37. The van der Waals surface area contributed by atoms with Crippen molar-refractivity contribution in [2.75, 3.05) is 0 Å². The Balaban J connectivity index is 1.80. The van der Waals surface area contributed by atoms with E-state index in [1.165, 1.54) is 63.3 Å². The minimum atomic E-state index is 0.193.